The number of unbranched alkanes of at least 4 members (excludes halogenated alkanes) is 2. The molecule has 2 saturated heterocycles. The molecule has 2 fully saturated rings. The summed E-state index contributed by atoms with van der Waals surface area (Å²) in [5.41, 5.74) is -1.30. The van der Waals surface area contributed by atoms with E-state index in [1.165, 1.54) is 37.5 Å². The number of hydrazone groups is 1. The molecule has 2 aromatic carbocycles. The van der Waals surface area contributed by atoms with Crippen LogP contribution in [0.4, 0.5) is 0 Å². The van der Waals surface area contributed by atoms with Gasteiger partial charge in [0.05, 0.1) is 67.6 Å². The van der Waals surface area contributed by atoms with E-state index in [0.29, 0.717) is 51.9 Å². The lowest BCUT2D eigenvalue weighted by Crippen LogP contribution is -2.50. The fraction of sp³-hybridized carbons (Fsp3) is 0.512. The number of methoxy groups -OCH3 is 1. The van der Waals surface area contributed by atoms with Crippen LogP contribution in [0.3, 0.4) is 0 Å². The molecule has 0 spiro atoms. The van der Waals surface area contributed by atoms with Crippen molar-refractivity contribution in [3.8, 4) is 17.2 Å². The van der Waals surface area contributed by atoms with Crippen molar-refractivity contribution < 1.29 is 68.1 Å². The van der Waals surface area contributed by atoms with Gasteiger partial charge in [0.2, 0.25) is 11.7 Å². The lowest BCUT2D eigenvalue weighted by molar-refractivity contribution is -0.257. The summed E-state index contributed by atoms with van der Waals surface area (Å²) in [6, 6.07) is 4.42. The molecular formula is C41H48N4O14. The monoisotopic (exact) mass is 820 g/mol. The average molecular weight is 821 g/mol. The van der Waals surface area contributed by atoms with E-state index in [2.05, 4.69) is 15.8 Å². The zero-order chi connectivity index (χ0) is 42.0. The van der Waals surface area contributed by atoms with Gasteiger partial charge in [0, 0.05) is 67.6 Å². The number of aliphatic hydroxyl groups is 2. The first-order chi connectivity index (χ1) is 28.3. The van der Waals surface area contributed by atoms with Crippen molar-refractivity contribution in [2.75, 3.05) is 40.0 Å². The van der Waals surface area contributed by atoms with E-state index in [-0.39, 0.29) is 77.2 Å². The van der Waals surface area contributed by atoms with Gasteiger partial charge in [0.1, 0.15) is 29.1 Å². The summed E-state index contributed by atoms with van der Waals surface area (Å²) in [6.07, 6.45) is 0.386. The Morgan fingerprint density at radius 3 is 2.47 bits per heavy atom. The van der Waals surface area contributed by atoms with Gasteiger partial charge in [0.15, 0.2) is 12.1 Å². The highest BCUT2D eigenvalue weighted by atomic mass is 16.7. The molecule has 18 nitrogen and oxygen atoms in total. The molecule has 0 unspecified atom stereocenters. The Bertz CT molecular complexity index is 2060. The van der Waals surface area contributed by atoms with E-state index in [0.717, 1.165) is 4.90 Å². The smallest absolute Gasteiger partial charge is 0.253 e. The lowest BCUT2D eigenvalue weighted by atomic mass is 9.71. The Labute approximate surface area is 339 Å². The molecule has 7 rings (SSSR count). The largest absolute Gasteiger partial charge is 0.507 e. The number of rotatable bonds is 14. The van der Waals surface area contributed by atoms with Crippen molar-refractivity contribution in [3.05, 3.63) is 63.7 Å². The molecule has 2 aromatic rings. The predicted octanol–water partition coefficient (Wildman–Crippen LogP) is 1.42. The van der Waals surface area contributed by atoms with Crippen LogP contribution in [-0.4, -0.2) is 131 Å². The molecule has 2 aliphatic carbocycles. The molecule has 0 saturated carbocycles. The number of hydrogen-bond donors (Lipinski definition) is 6. The van der Waals surface area contributed by atoms with Crippen LogP contribution in [0.5, 0.6) is 17.2 Å². The summed E-state index contributed by atoms with van der Waals surface area (Å²) in [7, 11) is 1.34. The number of fused-ring (bicyclic) bond motifs is 3. The van der Waals surface area contributed by atoms with Crippen LogP contribution < -0.4 is 15.5 Å². The number of carbonyl (C=O) groups is 5. The fourth-order valence-electron chi connectivity index (χ4n) is 8.34. The van der Waals surface area contributed by atoms with Crippen molar-refractivity contribution in [3.63, 3.8) is 0 Å². The van der Waals surface area contributed by atoms with Crippen LogP contribution in [0.2, 0.25) is 0 Å². The van der Waals surface area contributed by atoms with Crippen molar-refractivity contribution in [2.45, 2.75) is 94.7 Å². The third-order valence-electron chi connectivity index (χ3n) is 11.4. The number of phenolic OH excluding ortho intramolecular Hbond substituents is 2. The first kappa shape index (κ1) is 42.1. The second-order valence-corrected chi connectivity index (χ2v) is 15.2. The highest BCUT2D eigenvalue weighted by Crippen LogP contribution is 2.52. The minimum atomic E-state index is -2.12. The minimum Gasteiger partial charge on any atom is -0.507 e. The Kier molecular flexibility index (Phi) is 12.6. The number of carbonyl (C=O) groups excluding carboxylic acids is 5. The van der Waals surface area contributed by atoms with Crippen molar-refractivity contribution in [1.29, 1.82) is 0 Å². The van der Waals surface area contributed by atoms with Crippen molar-refractivity contribution >= 4 is 35.0 Å². The van der Waals surface area contributed by atoms with Crippen LogP contribution in [0.25, 0.3) is 0 Å². The normalized spacial score (nSPS) is 26.7. The second kappa shape index (κ2) is 17.6. The van der Waals surface area contributed by atoms with Crippen LogP contribution in [-0.2, 0) is 39.8 Å². The number of morpholine rings is 1. The number of aliphatic hydroxyl groups excluding tert-OH is 1. The quantitative estimate of drug-likeness (QED) is 0.0443. The number of imide groups is 1. The highest BCUT2D eigenvalue weighted by molar-refractivity contribution is 6.31. The van der Waals surface area contributed by atoms with Gasteiger partial charge >= 0.3 is 0 Å². The van der Waals surface area contributed by atoms with E-state index in [4.69, 9.17) is 23.7 Å². The lowest BCUT2D eigenvalue weighted by Gasteiger charge is -2.42. The molecule has 316 valence electrons. The van der Waals surface area contributed by atoms with Crippen LogP contribution >= 0.6 is 0 Å². The zero-order valence-corrected chi connectivity index (χ0v) is 32.7. The molecule has 5 aliphatic rings. The van der Waals surface area contributed by atoms with Crippen molar-refractivity contribution in [1.82, 2.24) is 15.6 Å². The maximum absolute atomic E-state index is 14.1. The van der Waals surface area contributed by atoms with E-state index in [1.807, 2.05) is 6.92 Å². The van der Waals surface area contributed by atoms with Crippen molar-refractivity contribution in [2.24, 2.45) is 5.10 Å². The molecule has 3 aliphatic heterocycles. The van der Waals surface area contributed by atoms with E-state index in [9.17, 15) is 44.4 Å². The first-order valence-electron chi connectivity index (χ1n) is 19.7. The predicted molar refractivity (Wildman–Crippen MR) is 205 cm³/mol. The van der Waals surface area contributed by atoms with Gasteiger partial charge in [-0.1, -0.05) is 18.6 Å². The third-order valence-corrected chi connectivity index (χ3v) is 11.4. The molecule has 59 heavy (non-hydrogen) atoms. The van der Waals surface area contributed by atoms with Crippen LogP contribution in [0, 0.1) is 0 Å². The van der Waals surface area contributed by atoms with Crippen LogP contribution in [0.1, 0.15) is 101 Å². The summed E-state index contributed by atoms with van der Waals surface area (Å²) < 4.78 is 29.8. The SMILES string of the molecule is COc1cccc2c1C(=O)c1c(O)c3c(c(O)c1C2=O)C[C@@](O)(/C(CO)=N/NC(=O)CCCCCN1C(=O)C=CC1=O)C[C@@H]3O[C@H]1CC[C@H](O[C@@H]2COCCN2)[C@H](C)O1. The molecule has 3 amide bonds. The van der Waals surface area contributed by atoms with Crippen LogP contribution in [0.15, 0.2) is 35.5 Å². The number of aromatic hydroxyl groups is 2. The van der Waals surface area contributed by atoms with Gasteiger partial charge in [0.25, 0.3) is 11.8 Å². The zero-order valence-electron chi connectivity index (χ0n) is 32.7. The molecular weight excluding hydrogens is 772 g/mol. The Morgan fingerprint density at radius 1 is 1.02 bits per heavy atom. The molecule has 0 bridgehead atoms. The number of amides is 3. The summed E-state index contributed by atoms with van der Waals surface area (Å²) in [5.74, 6) is -4.04. The molecule has 6 atom stereocenters. The van der Waals surface area contributed by atoms with Gasteiger partial charge in [-0.05, 0) is 32.3 Å². The number of benzene rings is 2. The first-order valence-corrected chi connectivity index (χ1v) is 19.7. The number of ether oxygens (including phenoxy) is 5. The summed E-state index contributed by atoms with van der Waals surface area (Å²) in [4.78, 5) is 65.6. The molecule has 18 heteroatoms. The van der Waals surface area contributed by atoms with Gasteiger partial charge in [-0.3, -0.25) is 34.2 Å². The van der Waals surface area contributed by atoms with E-state index in [1.54, 1.807) is 0 Å². The number of nitrogens with zero attached hydrogens (tertiary/aromatic N) is 2. The second-order valence-electron chi connectivity index (χ2n) is 15.2. The fourth-order valence-corrected chi connectivity index (χ4v) is 8.34. The Hall–Kier alpha value is -5.08. The molecule has 6 N–H and O–H groups in total. The number of nitrogens with one attached hydrogen (secondary N) is 2. The van der Waals surface area contributed by atoms with Gasteiger partial charge in [-0.15, -0.1) is 0 Å². The maximum atomic E-state index is 14.1. The van der Waals surface area contributed by atoms with Gasteiger partial charge in [-0.25, -0.2) is 5.43 Å². The topological polar surface area (TPSA) is 252 Å². The van der Waals surface area contributed by atoms with E-state index >= 15 is 0 Å². The molecule has 0 aromatic heterocycles. The Morgan fingerprint density at radius 2 is 1.78 bits per heavy atom. The summed E-state index contributed by atoms with van der Waals surface area (Å²) in [6.45, 7) is 2.79. The standard InChI is InChI=1S/C41H48N4O14/c1-21-24(58-29-20-56-16-14-42-29)10-13-32(57-21)59-26-18-41(54,27(19-46)43-44-28(47)9-4-3-5-15-45-30(48)11-12-31(45)49)17-23-34(26)40(53)36-35(38(23)51)37(50)22-7-6-8-25(55-2)33(22)39(36)52/h6-8,11-12,21,24,26,29,32,42,46,51,53-54H,3-5,9-10,13-20H2,1-2H3,(H,44,47)/b43-27+/t21-,24-,26-,29+,32-,41-/m0/s1. The summed E-state index contributed by atoms with van der Waals surface area (Å²) >= 11 is 0. The van der Waals surface area contributed by atoms with E-state index < -0.39 is 77.2 Å². The summed E-state index contributed by atoms with van der Waals surface area (Å²) in [5, 5.41) is 54.0. The highest BCUT2D eigenvalue weighted by Gasteiger charge is 2.49. The number of phenols is 2. The average Bonchev–Trinajstić information content (AvgIpc) is 3.54. The molecule has 0 radical (unpaired) electrons. The number of hydrogen-bond acceptors (Lipinski definition) is 16. The van der Waals surface area contributed by atoms with Gasteiger partial charge in [-0.2, -0.15) is 5.10 Å². The number of ketones is 2. The maximum Gasteiger partial charge on any atom is 0.253 e. The minimum absolute atomic E-state index is 0.00426. The molecule has 3 heterocycles. The Balaban J connectivity index is 1.14. The van der Waals surface area contributed by atoms with Gasteiger partial charge < -0.3 is 44.1 Å². The third kappa shape index (κ3) is 8.39.